The van der Waals surface area contributed by atoms with Crippen LogP contribution in [0.1, 0.15) is 51.5 Å². The van der Waals surface area contributed by atoms with Gasteiger partial charge in [-0.3, -0.25) is 4.99 Å². The van der Waals surface area contributed by atoms with Crippen molar-refractivity contribution in [1.82, 2.24) is 20.5 Å². The van der Waals surface area contributed by atoms with Crippen LogP contribution in [0.4, 0.5) is 0 Å². The Morgan fingerprint density at radius 1 is 1.33 bits per heavy atom. The highest BCUT2D eigenvalue weighted by Crippen LogP contribution is 2.16. The topological polar surface area (TPSA) is 61.8 Å². The zero-order valence-electron chi connectivity index (χ0n) is 17.0. The van der Waals surface area contributed by atoms with Crippen molar-refractivity contribution in [3.63, 3.8) is 0 Å². The summed E-state index contributed by atoms with van der Waals surface area (Å²) in [7, 11) is 1.81. The van der Waals surface area contributed by atoms with Crippen LogP contribution in [0.3, 0.4) is 0 Å². The van der Waals surface area contributed by atoms with Crippen LogP contribution in [-0.4, -0.2) is 55.2 Å². The number of piperidine rings is 1. The average Bonchev–Trinajstić information content (AvgIpc) is 2.68. The molecule has 1 aromatic rings. The van der Waals surface area contributed by atoms with E-state index in [4.69, 9.17) is 4.74 Å². The van der Waals surface area contributed by atoms with Gasteiger partial charge in [-0.05, 0) is 44.7 Å². The van der Waals surface area contributed by atoms with Gasteiger partial charge in [-0.25, -0.2) is 4.98 Å². The minimum atomic E-state index is 0. The third-order valence-electron chi connectivity index (χ3n) is 4.79. The second-order valence-electron chi connectivity index (χ2n) is 6.94. The van der Waals surface area contributed by atoms with Gasteiger partial charge in [0.05, 0.1) is 6.61 Å². The number of rotatable bonds is 9. The zero-order valence-corrected chi connectivity index (χ0v) is 19.4. The van der Waals surface area contributed by atoms with E-state index in [-0.39, 0.29) is 24.0 Å². The highest BCUT2D eigenvalue weighted by atomic mass is 127. The fourth-order valence-corrected chi connectivity index (χ4v) is 3.19. The number of hydrogen-bond acceptors (Lipinski definition) is 4. The highest BCUT2D eigenvalue weighted by molar-refractivity contribution is 14.0. The first-order valence-electron chi connectivity index (χ1n) is 9.99. The molecule has 0 amide bonds. The van der Waals surface area contributed by atoms with E-state index in [0.29, 0.717) is 19.0 Å². The number of aliphatic imine (C=N–C) groups is 1. The highest BCUT2D eigenvalue weighted by Gasteiger charge is 2.17. The molecule has 0 aliphatic carbocycles. The molecule has 1 fully saturated rings. The molecule has 2 N–H and O–H groups in total. The molecule has 0 radical (unpaired) electrons. The monoisotopic (exact) mass is 489 g/mol. The van der Waals surface area contributed by atoms with Gasteiger partial charge in [0.2, 0.25) is 5.88 Å². The molecule has 1 aliphatic heterocycles. The van der Waals surface area contributed by atoms with Crippen molar-refractivity contribution in [2.45, 2.75) is 58.5 Å². The van der Waals surface area contributed by atoms with Crippen LogP contribution in [0.5, 0.6) is 5.88 Å². The molecule has 0 spiro atoms. The Kier molecular flexibility index (Phi) is 12.4. The third-order valence-corrected chi connectivity index (χ3v) is 4.79. The Balaban J connectivity index is 0.00000364. The van der Waals surface area contributed by atoms with Gasteiger partial charge in [0.15, 0.2) is 5.96 Å². The van der Waals surface area contributed by atoms with E-state index >= 15 is 0 Å². The van der Waals surface area contributed by atoms with Gasteiger partial charge in [0.1, 0.15) is 0 Å². The predicted molar refractivity (Wildman–Crippen MR) is 123 cm³/mol. The minimum absolute atomic E-state index is 0. The number of aromatic nitrogens is 1. The first kappa shape index (κ1) is 23.9. The Labute approximate surface area is 181 Å². The standard InChI is InChI=1S/C20H35N5O.HI/c1-4-14-26-19-10-9-18(15-23-19)16-24-20(21-3)22-11-7-13-25-12-6-5-8-17(25)2;/h9-10,15,17H,4-8,11-14,16H2,1-3H3,(H2,21,22,24);1H. The van der Waals surface area contributed by atoms with Crippen molar-refractivity contribution >= 4 is 29.9 Å². The molecule has 1 unspecified atom stereocenters. The number of likely N-dealkylation sites (tertiary alicyclic amines) is 1. The maximum atomic E-state index is 5.51. The number of ether oxygens (including phenoxy) is 1. The number of nitrogens with one attached hydrogen (secondary N) is 2. The van der Waals surface area contributed by atoms with Crippen LogP contribution in [0.15, 0.2) is 23.3 Å². The summed E-state index contributed by atoms with van der Waals surface area (Å²) in [6.45, 7) is 9.18. The molecule has 1 aliphatic rings. The Hall–Kier alpha value is -1.09. The van der Waals surface area contributed by atoms with E-state index in [2.05, 4.69) is 39.4 Å². The molecule has 7 heteroatoms. The lowest BCUT2D eigenvalue weighted by atomic mass is 10.0. The van der Waals surface area contributed by atoms with E-state index in [1.807, 2.05) is 25.4 Å². The van der Waals surface area contributed by atoms with Gasteiger partial charge in [0.25, 0.3) is 0 Å². The number of guanidine groups is 1. The van der Waals surface area contributed by atoms with Crippen LogP contribution in [0.25, 0.3) is 0 Å². The molecule has 6 nitrogen and oxygen atoms in total. The average molecular weight is 489 g/mol. The summed E-state index contributed by atoms with van der Waals surface area (Å²) < 4.78 is 5.51. The van der Waals surface area contributed by atoms with Crippen molar-refractivity contribution in [3.8, 4) is 5.88 Å². The van der Waals surface area contributed by atoms with E-state index in [9.17, 15) is 0 Å². The Morgan fingerprint density at radius 2 is 2.19 bits per heavy atom. The van der Waals surface area contributed by atoms with Crippen LogP contribution in [0.2, 0.25) is 0 Å². The lowest BCUT2D eigenvalue weighted by Crippen LogP contribution is -2.41. The first-order valence-corrected chi connectivity index (χ1v) is 9.99. The first-order chi connectivity index (χ1) is 12.7. The number of pyridine rings is 1. The summed E-state index contributed by atoms with van der Waals surface area (Å²) in [5.41, 5.74) is 1.11. The SMILES string of the molecule is CCCOc1ccc(CNC(=NC)NCCCN2CCCCC2C)cn1.I. The number of hydrogen-bond donors (Lipinski definition) is 2. The van der Waals surface area contributed by atoms with Crippen molar-refractivity contribution in [2.24, 2.45) is 4.99 Å². The molecule has 1 atom stereocenters. The largest absolute Gasteiger partial charge is 0.478 e. The van der Waals surface area contributed by atoms with Crippen molar-refractivity contribution in [3.05, 3.63) is 23.9 Å². The predicted octanol–water partition coefficient (Wildman–Crippen LogP) is 3.42. The molecular formula is C20H36IN5O. The van der Waals surface area contributed by atoms with Crippen LogP contribution < -0.4 is 15.4 Å². The summed E-state index contributed by atoms with van der Waals surface area (Å²) in [6, 6.07) is 4.69. The summed E-state index contributed by atoms with van der Waals surface area (Å²) in [5.74, 6) is 1.52. The number of nitrogens with zero attached hydrogens (tertiary/aromatic N) is 3. The summed E-state index contributed by atoms with van der Waals surface area (Å²) in [4.78, 5) is 11.2. The van der Waals surface area contributed by atoms with Crippen molar-refractivity contribution < 1.29 is 4.74 Å². The molecule has 2 rings (SSSR count). The van der Waals surface area contributed by atoms with E-state index < -0.39 is 0 Å². The fraction of sp³-hybridized carbons (Fsp3) is 0.700. The normalized spacial score (nSPS) is 17.9. The van der Waals surface area contributed by atoms with E-state index in [0.717, 1.165) is 43.5 Å². The van der Waals surface area contributed by atoms with Gasteiger partial charge < -0.3 is 20.3 Å². The molecule has 0 bridgehead atoms. The molecule has 0 saturated carbocycles. The maximum absolute atomic E-state index is 5.51. The molecular weight excluding hydrogens is 453 g/mol. The lowest BCUT2D eigenvalue weighted by molar-refractivity contribution is 0.159. The van der Waals surface area contributed by atoms with Crippen LogP contribution in [-0.2, 0) is 6.54 Å². The molecule has 27 heavy (non-hydrogen) atoms. The molecule has 2 heterocycles. The molecule has 1 saturated heterocycles. The lowest BCUT2D eigenvalue weighted by Gasteiger charge is -2.33. The van der Waals surface area contributed by atoms with Crippen molar-refractivity contribution in [2.75, 3.05) is 33.3 Å². The summed E-state index contributed by atoms with van der Waals surface area (Å²) >= 11 is 0. The van der Waals surface area contributed by atoms with E-state index in [1.54, 1.807) is 0 Å². The second-order valence-corrected chi connectivity index (χ2v) is 6.94. The van der Waals surface area contributed by atoms with Gasteiger partial charge in [-0.15, -0.1) is 24.0 Å². The second kappa shape index (κ2) is 14.0. The smallest absolute Gasteiger partial charge is 0.213 e. The van der Waals surface area contributed by atoms with Gasteiger partial charge in [0, 0.05) is 45.0 Å². The van der Waals surface area contributed by atoms with E-state index in [1.165, 1.54) is 25.8 Å². The van der Waals surface area contributed by atoms with Gasteiger partial charge in [-0.2, -0.15) is 0 Å². The molecule has 1 aromatic heterocycles. The van der Waals surface area contributed by atoms with Crippen molar-refractivity contribution in [1.29, 1.82) is 0 Å². The molecule has 0 aromatic carbocycles. The number of halogens is 1. The van der Waals surface area contributed by atoms with Gasteiger partial charge >= 0.3 is 0 Å². The zero-order chi connectivity index (χ0) is 18.6. The summed E-state index contributed by atoms with van der Waals surface area (Å²) in [5, 5.41) is 6.74. The maximum Gasteiger partial charge on any atom is 0.213 e. The van der Waals surface area contributed by atoms with Crippen LogP contribution in [0, 0.1) is 0 Å². The quantitative estimate of drug-likeness (QED) is 0.241. The van der Waals surface area contributed by atoms with Crippen LogP contribution >= 0.6 is 24.0 Å². The third kappa shape index (κ3) is 9.10. The van der Waals surface area contributed by atoms with Gasteiger partial charge in [-0.1, -0.05) is 19.4 Å². The summed E-state index contributed by atoms with van der Waals surface area (Å²) in [6.07, 6.45) is 8.04. The molecule has 154 valence electrons. The Morgan fingerprint density at radius 3 is 2.85 bits per heavy atom. The minimum Gasteiger partial charge on any atom is -0.478 e. The fourth-order valence-electron chi connectivity index (χ4n) is 3.19. The Bertz CT molecular complexity index is 538.